The molecule has 0 fully saturated rings. The maximum absolute atomic E-state index is 11.0. The molecule has 0 aromatic heterocycles. The number of aromatic hydroxyl groups is 1. The Hall–Kier alpha value is -2.60. The van der Waals surface area contributed by atoms with Gasteiger partial charge in [0.2, 0.25) is 0 Å². The summed E-state index contributed by atoms with van der Waals surface area (Å²) in [5.41, 5.74) is 2.96. The van der Waals surface area contributed by atoms with Crippen LogP contribution in [0.5, 0.6) is 5.75 Å². The number of rotatable bonds is 11. The summed E-state index contributed by atoms with van der Waals surface area (Å²) in [5, 5.41) is 37.6. The van der Waals surface area contributed by atoms with Gasteiger partial charge in [-0.05, 0) is 76.6 Å². The lowest BCUT2D eigenvalue weighted by Gasteiger charge is -2.14. The zero-order valence-corrected chi connectivity index (χ0v) is 16.7. The fourth-order valence-corrected chi connectivity index (χ4v) is 2.71. The Kier molecular flexibility index (Phi) is 9.45. The number of aromatic carboxylic acids is 1. The second-order valence-electron chi connectivity index (χ2n) is 7.23. The fourth-order valence-electron chi connectivity index (χ4n) is 2.71. The van der Waals surface area contributed by atoms with Crippen molar-refractivity contribution in [3.05, 3.63) is 52.6 Å². The number of phenolic OH excluding ortho intramolecular Hbond substituents is 1. The van der Waals surface area contributed by atoms with E-state index < -0.39 is 24.0 Å². The van der Waals surface area contributed by atoms with Crippen molar-refractivity contribution < 1.29 is 30.0 Å². The molecule has 0 aliphatic carbocycles. The second kappa shape index (κ2) is 11.3. The Balaban J connectivity index is 2.50. The van der Waals surface area contributed by atoms with Crippen molar-refractivity contribution in [2.24, 2.45) is 5.92 Å². The zero-order valence-electron chi connectivity index (χ0n) is 16.7. The van der Waals surface area contributed by atoms with Gasteiger partial charge in [-0.3, -0.25) is 4.79 Å². The van der Waals surface area contributed by atoms with Crippen LogP contribution in [0, 0.1) is 5.92 Å². The van der Waals surface area contributed by atoms with Crippen molar-refractivity contribution in [1.29, 1.82) is 0 Å². The number of hydrogen-bond acceptors (Lipinski definition) is 4. The molecule has 0 heterocycles. The number of phenols is 1. The molecule has 0 amide bonds. The summed E-state index contributed by atoms with van der Waals surface area (Å²) in [7, 11) is 0. The van der Waals surface area contributed by atoms with Gasteiger partial charge in [0.15, 0.2) is 0 Å². The number of benzene rings is 1. The van der Waals surface area contributed by atoms with Crippen LogP contribution in [0.1, 0.15) is 62.4 Å². The van der Waals surface area contributed by atoms with Crippen LogP contribution in [-0.4, -0.2) is 38.5 Å². The van der Waals surface area contributed by atoms with Gasteiger partial charge in [0.05, 0.1) is 17.6 Å². The first-order chi connectivity index (χ1) is 13.1. The summed E-state index contributed by atoms with van der Waals surface area (Å²) in [6.45, 7) is 5.45. The molecular formula is C22H30O6. The minimum atomic E-state index is -1.02. The molecule has 0 bridgehead atoms. The van der Waals surface area contributed by atoms with E-state index in [1.807, 2.05) is 19.9 Å². The third-order valence-corrected chi connectivity index (χ3v) is 4.83. The van der Waals surface area contributed by atoms with E-state index in [2.05, 4.69) is 6.08 Å². The predicted octanol–water partition coefficient (Wildman–Crippen LogP) is 4.17. The van der Waals surface area contributed by atoms with Gasteiger partial charge >= 0.3 is 11.9 Å². The van der Waals surface area contributed by atoms with E-state index in [0.717, 1.165) is 24.0 Å². The summed E-state index contributed by atoms with van der Waals surface area (Å²) >= 11 is 0. The summed E-state index contributed by atoms with van der Waals surface area (Å²) < 4.78 is 0. The van der Waals surface area contributed by atoms with Crippen LogP contribution in [0.2, 0.25) is 0 Å². The first-order valence-corrected chi connectivity index (χ1v) is 9.39. The number of carboxylic acids is 2. The van der Waals surface area contributed by atoms with Gasteiger partial charge in [-0.25, -0.2) is 4.79 Å². The van der Waals surface area contributed by atoms with Crippen LogP contribution in [0.25, 0.3) is 0 Å². The number of aliphatic carboxylic acids is 1. The van der Waals surface area contributed by atoms with Gasteiger partial charge in [-0.1, -0.05) is 23.3 Å². The van der Waals surface area contributed by atoms with Crippen LogP contribution in [-0.2, 0) is 11.2 Å². The largest absolute Gasteiger partial charge is 0.508 e. The molecule has 1 aromatic carbocycles. The molecule has 0 saturated carbocycles. The number of aliphatic hydroxyl groups excluding tert-OH is 1. The van der Waals surface area contributed by atoms with E-state index in [0.29, 0.717) is 24.8 Å². The Morgan fingerprint density at radius 2 is 1.71 bits per heavy atom. The highest BCUT2D eigenvalue weighted by Gasteiger charge is 2.20. The van der Waals surface area contributed by atoms with Gasteiger partial charge < -0.3 is 20.4 Å². The Labute approximate surface area is 165 Å². The molecule has 4 N–H and O–H groups in total. The number of hydrogen-bond donors (Lipinski definition) is 4. The van der Waals surface area contributed by atoms with Crippen molar-refractivity contribution in [3.63, 3.8) is 0 Å². The normalized spacial score (nSPS) is 14.6. The monoisotopic (exact) mass is 390 g/mol. The average Bonchev–Trinajstić information content (AvgIpc) is 2.64. The molecular weight excluding hydrogens is 360 g/mol. The molecule has 1 aromatic rings. The van der Waals surface area contributed by atoms with Crippen LogP contribution < -0.4 is 0 Å². The Morgan fingerprint density at radius 3 is 2.32 bits per heavy atom. The smallest absolute Gasteiger partial charge is 0.335 e. The third-order valence-electron chi connectivity index (χ3n) is 4.83. The molecule has 0 spiro atoms. The van der Waals surface area contributed by atoms with Crippen LogP contribution in [0.4, 0.5) is 0 Å². The van der Waals surface area contributed by atoms with Crippen LogP contribution in [0.15, 0.2) is 41.5 Å². The quantitative estimate of drug-likeness (QED) is 0.422. The maximum Gasteiger partial charge on any atom is 0.335 e. The van der Waals surface area contributed by atoms with E-state index in [4.69, 9.17) is 10.2 Å². The van der Waals surface area contributed by atoms with E-state index in [9.17, 15) is 19.8 Å². The Morgan fingerprint density at radius 1 is 1.07 bits per heavy atom. The zero-order chi connectivity index (χ0) is 21.3. The highest BCUT2D eigenvalue weighted by Crippen LogP contribution is 2.21. The lowest BCUT2D eigenvalue weighted by Crippen LogP contribution is -2.25. The molecule has 28 heavy (non-hydrogen) atoms. The van der Waals surface area contributed by atoms with Gasteiger partial charge in [0, 0.05) is 0 Å². The van der Waals surface area contributed by atoms with Gasteiger partial charge in [-0.15, -0.1) is 0 Å². The standard InChI is InChI=1S/C22H30O6/c1-14(7-9-17-13-18(22(27)28)10-12-20(17)24)5-4-6-15(2)8-11-19(23)16(3)21(25)26/h6-7,10,12-13,16,19,23-24H,4-5,8-9,11H2,1-3H3,(H,25,26)(H,27,28)/b14-7+,15-6+. The number of allylic oxidation sites excluding steroid dienone is 4. The molecule has 0 aliphatic rings. The highest BCUT2D eigenvalue weighted by atomic mass is 16.4. The highest BCUT2D eigenvalue weighted by molar-refractivity contribution is 5.88. The van der Waals surface area contributed by atoms with Crippen LogP contribution >= 0.6 is 0 Å². The lowest BCUT2D eigenvalue weighted by atomic mass is 9.97. The molecule has 2 unspecified atom stereocenters. The van der Waals surface area contributed by atoms with E-state index in [1.165, 1.54) is 25.1 Å². The van der Waals surface area contributed by atoms with Crippen molar-refractivity contribution in [3.8, 4) is 5.75 Å². The molecule has 0 radical (unpaired) electrons. The van der Waals surface area contributed by atoms with Crippen molar-refractivity contribution >= 4 is 11.9 Å². The third kappa shape index (κ3) is 7.96. The predicted molar refractivity (Wildman–Crippen MR) is 108 cm³/mol. The van der Waals surface area contributed by atoms with E-state index in [-0.39, 0.29) is 11.3 Å². The molecule has 1 rings (SSSR count). The summed E-state index contributed by atoms with van der Waals surface area (Å²) in [6, 6.07) is 4.25. The average molecular weight is 390 g/mol. The first kappa shape index (κ1) is 23.4. The molecule has 2 atom stereocenters. The molecule has 0 saturated heterocycles. The minimum Gasteiger partial charge on any atom is -0.508 e. The Bertz CT molecular complexity index is 747. The first-order valence-electron chi connectivity index (χ1n) is 9.39. The second-order valence-corrected chi connectivity index (χ2v) is 7.23. The molecule has 6 heteroatoms. The van der Waals surface area contributed by atoms with E-state index in [1.54, 1.807) is 0 Å². The molecule has 6 nitrogen and oxygen atoms in total. The van der Waals surface area contributed by atoms with Crippen LogP contribution in [0.3, 0.4) is 0 Å². The van der Waals surface area contributed by atoms with Gasteiger partial charge in [0.25, 0.3) is 0 Å². The summed E-state index contributed by atoms with van der Waals surface area (Å²) in [6.07, 6.45) is 6.38. The number of aliphatic hydroxyl groups is 1. The summed E-state index contributed by atoms with van der Waals surface area (Å²) in [5.74, 6) is -2.70. The number of carbonyl (C=O) groups is 2. The maximum atomic E-state index is 11.0. The number of carboxylic acid groups (broad SMARTS) is 2. The lowest BCUT2D eigenvalue weighted by molar-refractivity contribution is -0.144. The summed E-state index contributed by atoms with van der Waals surface area (Å²) in [4.78, 5) is 21.9. The molecule has 154 valence electrons. The van der Waals surface area contributed by atoms with Gasteiger partial charge in [-0.2, -0.15) is 0 Å². The van der Waals surface area contributed by atoms with Crippen molar-refractivity contribution in [1.82, 2.24) is 0 Å². The topological polar surface area (TPSA) is 115 Å². The van der Waals surface area contributed by atoms with Crippen molar-refractivity contribution in [2.75, 3.05) is 0 Å². The van der Waals surface area contributed by atoms with Crippen molar-refractivity contribution in [2.45, 2.75) is 59.0 Å². The molecule has 0 aliphatic heterocycles. The van der Waals surface area contributed by atoms with E-state index >= 15 is 0 Å². The fraction of sp³-hybridized carbons (Fsp3) is 0.455. The minimum absolute atomic E-state index is 0.0823. The SMILES string of the molecule is C/C(=C\Cc1cc(C(=O)O)ccc1O)CC/C=C(\C)CCC(O)C(C)C(=O)O. The van der Waals surface area contributed by atoms with Gasteiger partial charge in [0.1, 0.15) is 5.75 Å².